The Bertz CT molecular complexity index is 419. The number of likely N-dealkylation sites (tertiary alicyclic amines) is 1. The maximum Gasteiger partial charge on any atom is 0.346 e. The highest BCUT2D eigenvalue weighted by Gasteiger charge is 2.22. The number of rotatable bonds is 4. The van der Waals surface area contributed by atoms with Crippen LogP contribution in [0, 0.1) is 0 Å². The van der Waals surface area contributed by atoms with Crippen LogP contribution in [-0.4, -0.2) is 41.7 Å². The lowest BCUT2D eigenvalue weighted by Gasteiger charge is -2.35. The Morgan fingerprint density at radius 3 is 3.11 bits per heavy atom. The second-order valence-corrected chi connectivity index (χ2v) is 5.93. The lowest BCUT2D eigenvalue weighted by molar-refractivity contribution is 0.0700. The van der Waals surface area contributed by atoms with E-state index in [0.717, 1.165) is 24.9 Å². The molecule has 4 nitrogen and oxygen atoms in total. The maximum atomic E-state index is 11.0. The largest absolute Gasteiger partial charge is 0.477 e. The summed E-state index contributed by atoms with van der Waals surface area (Å²) in [5, 5.41) is 14.4. The van der Waals surface area contributed by atoms with Crippen molar-refractivity contribution in [3.05, 3.63) is 21.9 Å². The summed E-state index contributed by atoms with van der Waals surface area (Å²) in [5.41, 5.74) is 0.902. The van der Waals surface area contributed by atoms with Crippen LogP contribution in [0.5, 0.6) is 0 Å². The Labute approximate surface area is 112 Å². The van der Waals surface area contributed by atoms with E-state index in [9.17, 15) is 4.79 Å². The number of nitrogens with one attached hydrogen (secondary N) is 1. The molecule has 2 atom stereocenters. The van der Waals surface area contributed by atoms with E-state index < -0.39 is 5.97 Å². The summed E-state index contributed by atoms with van der Waals surface area (Å²) < 4.78 is 0. The molecular formula is C13H20N2O2S. The molecule has 2 N–H and O–H groups in total. The van der Waals surface area contributed by atoms with Crippen molar-refractivity contribution in [1.29, 1.82) is 0 Å². The molecule has 1 aromatic heterocycles. The monoisotopic (exact) mass is 268 g/mol. The molecule has 1 aliphatic rings. The number of carboxylic acids is 1. The van der Waals surface area contributed by atoms with Crippen LogP contribution in [0.25, 0.3) is 0 Å². The molecule has 0 saturated carbocycles. The highest BCUT2D eigenvalue weighted by molar-refractivity contribution is 7.12. The fourth-order valence-corrected chi connectivity index (χ4v) is 3.15. The normalized spacial score (nSPS) is 25.2. The van der Waals surface area contributed by atoms with Crippen molar-refractivity contribution in [3.8, 4) is 0 Å². The van der Waals surface area contributed by atoms with Gasteiger partial charge in [0.05, 0.1) is 0 Å². The van der Waals surface area contributed by atoms with E-state index in [4.69, 9.17) is 5.11 Å². The molecule has 2 unspecified atom stereocenters. The van der Waals surface area contributed by atoms with Gasteiger partial charge in [-0.25, -0.2) is 4.79 Å². The number of hydrogen-bond acceptors (Lipinski definition) is 4. The Kier molecular flexibility index (Phi) is 4.37. The zero-order valence-electron chi connectivity index (χ0n) is 10.8. The predicted molar refractivity (Wildman–Crippen MR) is 73.2 cm³/mol. The topological polar surface area (TPSA) is 52.6 Å². The lowest BCUT2D eigenvalue weighted by Crippen LogP contribution is -2.45. The number of carbonyl (C=O) groups is 1. The minimum atomic E-state index is -0.821. The average molecular weight is 268 g/mol. The first-order valence-corrected chi connectivity index (χ1v) is 7.19. The molecule has 1 fully saturated rings. The second kappa shape index (κ2) is 5.82. The smallest absolute Gasteiger partial charge is 0.346 e. The molecule has 2 heterocycles. The van der Waals surface area contributed by atoms with Crippen LogP contribution >= 0.6 is 11.3 Å². The average Bonchev–Trinajstić information content (AvgIpc) is 2.79. The maximum absolute atomic E-state index is 11.0. The first kappa shape index (κ1) is 13.5. The van der Waals surface area contributed by atoms with Gasteiger partial charge in [-0.15, -0.1) is 11.3 Å². The van der Waals surface area contributed by atoms with Crippen LogP contribution < -0.4 is 5.32 Å². The van der Waals surface area contributed by atoms with Crippen LogP contribution in [0.2, 0.25) is 0 Å². The number of aromatic carboxylic acids is 1. The summed E-state index contributed by atoms with van der Waals surface area (Å²) in [4.78, 5) is 13.8. The van der Waals surface area contributed by atoms with E-state index in [0.29, 0.717) is 23.5 Å². The zero-order valence-corrected chi connectivity index (χ0v) is 11.7. The van der Waals surface area contributed by atoms with Gasteiger partial charge < -0.3 is 15.3 Å². The summed E-state index contributed by atoms with van der Waals surface area (Å²) in [6.45, 7) is 4.00. The van der Waals surface area contributed by atoms with Gasteiger partial charge in [0.1, 0.15) is 4.88 Å². The molecule has 0 spiro atoms. The van der Waals surface area contributed by atoms with Gasteiger partial charge in [-0.1, -0.05) is 0 Å². The summed E-state index contributed by atoms with van der Waals surface area (Å²) in [6.07, 6.45) is 2.26. The molecule has 1 aromatic rings. The second-order valence-electron chi connectivity index (χ2n) is 5.01. The molecule has 1 aliphatic heterocycles. The van der Waals surface area contributed by atoms with Gasteiger partial charge in [0.2, 0.25) is 0 Å². The summed E-state index contributed by atoms with van der Waals surface area (Å²) in [7, 11) is 2.16. The standard InChI is InChI=1S/C13H20N2O2S/c1-9-7-11(3-5-15(9)2)14-8-10-4-6-18-12(10)13(16)17/h4,6,9,11,14H,3,5,7-8H2,1-2H3,(H,16,17). The van der Waals surface area contributed by atoms with Gasteiger partial charge in [0, 0.05) is 18.6 Å². The van der Waals surface area contributed by atoms with Gasteiger partial charge >= 0.3 is 5.97 Å². The third-order valence-electron chi connectivity index (χ3n) is 3.73. The van der Waals surface area contributed by atoms with E-state index in [1.165, 1.54) is 11.3 Å². The predicted octanol–water partition coefficient (Wildman–Crippen LogP) is 2.02. The first-order valence-electron chi connectivity index (χ1n) is 6.31. The molecule has 5 heteroatoms. The Morgan fingerprint density at radius 2 is 2.44 bits per heavy atom. The SMILES string of the molecule is CC1CC(NCc2ccsc2C(=O)O)CCN1C. The highest BCUT2D eigenvalue weighted by atomic mass is 32.1. The molecule has 2 rings (SSSR count). The Balaban J connectivity index is 1.88. The fourth-order valence-electron chi connectivity index (χ4n) is 2.39. The van der Waals surface area contributed by atoms with Crippen molar-refractivity contribution in [2.45, 2.75) is 38.4 Å². The van der Waals surface area contributed by atoms with Crippen LogP contribution in [0.1, 0.15) is 35.0 Å². The molecule has 0 bridgehead atoms. The number of thiophene rings is 1. The minimum Gasteiger partial charge on any atom is -0.477 e. The molecule has 1 saturated heterocycles. The van der Waals surface area contributed by atoms with Crippen LogP contribution in [0.4, 0.5) is 0 Å². The third kappa shape index (κ3) is 3.10. The molecule has 0 aliphatic carbocycles. The number of piperidine rings is 1. The van der Waals surface area contributed by atoms with Gasteiger partial charge in [-0.05, 0) is 50.4 Å². The summed E-state index contributed by atoms with van der Waals surface area (Å²) in [6, 6.07) is 3.00. The van der Waals surface area contributed by atoms with Crippen molar-refractivity contribution in [1.82, 2.24) is 10.2 Å². The van der Waals surface area contributed by atoms with Crippen LogP contribution in [-0.2, 0) is 6.54 Å². The summed E-state index contributed by atoms with van der Waals surface area (Å²) >= 11 is 1.30. The highest BCUT2D eigenvalue weighted by Crippen LogP contribution is 2.19. The van der Waals surface area contributed by atoms with Crippen molar-refractivity contribution >= 4 is 17.3 Å². The van der Waals surface area contributed by atoms with Gasteiger partial charge in [-0.2, -0.15) is 0 Å². The van der Waals surface area contributed by atoms with Gasteiger partial charge in [-0.3, -0.25) is 0 Å². The van der Waals surface area contributed by atoms with E-state index in [1.807, 2.05) is 11.4 Å². The van der Waals surface area contributed by atoms with Crippen molar-refractivity contribution in [2.24, 2.45) is 0 Å². The van der Waals surface area contributed by atoms with Crippen LogP contribution in [0.15, 0.2) is 11.4 Å². The van der Waals surface area contributed by atoms with Crippen LogP contribution in [0.3, 0.4) is 0 Å². The molecule has 0 radical (unpaired) electrons. The Morgan fingerprint density at radius 1 is 1.67 bits per heavy atom. The van der Waals surface area contributed by atoms with E-state index in [2.05, 4.69) is 24.2 Å². The third-order valence-corrected chi connectivity index (χ3v) is 4.68. The fraction of sp³-hybridized carbons (Fsp3) is 0.615. The molecule has 18 heavy (non-hydrogen) atoms. The van der Waals surface area contributed by atoms with E-state index >= 15 is 0 Å². The Hall–Kier alpha value is -0.910. The number of hydrogen-bond donors (Lipinski definition) is 2. The van der Waals surface area contributed by atoms with E-state index in [-0.39, 0.29) is 0 Å². The van der Waals surface area contributed by atoms with Gasteiger partial charge in [0.25, 0.3) is 0 Å². The molecule has 0 aromatic carbocycles. The molecule has 100 valence electrons. The zero-order chi connectivity index (χ0) is 13.1. The summed E-state index contributed by atoms with van der Waals surface area (Å²) in [5.74, 6) is -0.821. The molecule has 0 amide bonds. The number of carboxylic acid groups (broad SMARTS) is 1. The molecular weight excluding hydrogens is 248 g/mol. The number of nitrogens with zero attached hydrogens (tertiary/aromatic N) is 1. The quantitative estimate of drug-likeness (QED) is 0.877. The van der Waals surface area contributed by atoms with Crippen molar-refractivity contribution < 1.29 is 9.90 Å². The van der Waals surface area contributed by atoms with Gasteiger partial charge in [0.15, 0.2) is 0 Å². The minimum absolute atomic E-state index is 0.462. The lowest BCUT2D eigenvalue weighted by atomic mass is 9.99. The van der Waals surface area contributed by atoms with Crippen molar-refractivity contribution in [2.75, 3.05) is 13.6 Å². The first-order chi connectivity index (χ1) is 8.58. The van der Waals surface area contributed by atoms with E-state index in [1.54, 1.807) is 0 Å². The van der Waals surface area contributed by atoms with Crippen molar-refractivity contribution in [3.63, 3.8) is 0 Å².